The van der Waals surface area contributed by atoms with Crippen molar-refractivity contribution in [2.24, 2.45) is 0 Å². The van der Waals surface area contributed by atoms with Gasteiger partial charge in [0.25, 0.3) is 0 Å². The summed E-state index contributed by atoms with van der Waals surface area (Å²) in [4.78, 5) is 3.34. The van der Waals surface area contributed by atoms with Crippen LogP contribution < -0.4 is 4.72 Å². The Morgan fingerprint density at radius 3 is 2.84 bits per heavy atom. The highest BCUT2D eigenvalue weighted by Crippen LogP contribution is 2.19. The lowest BCUT2D eigenvalue weighted by Gasteiger charge is -2.06. The van der Waals surface area contributed by atoms with Crippen LogP contribution in [0.5, 0.6) is 0 Å². The fraction of sp³-hybridized carbons (Fsp3) is 0.200. The zero-order chi connectivity index (χ0) is 13.9. The summed E-state index contributed by atoms with van der Waals surface area (Å²) in [6.45, 7) is 0.0417. The largest absolute Gasteiger partial charge is 0.340 e. The molecule has 0 saturated carbocycles. The number of nitrogens with one attached hydrogen (secondary N) is 1. The lowest BCUT2D eigenvalue weighted by Crippen LogP contribution is -2.26. The summed E-state index contributed by atoms with van der Waals surface area (Å²) >= 11 is 3.06. The second-order valence-electron chi connectivity index (χ2n) is 3.56. The van der Waals surface area contributed by atoms with Crippen molar-refractivity contribution >= 4 is 26.0 Å². The van der Waals surface area contributed by atoms with Crippen LogP contribution >= 0.6 is 15.9 Å². The minimum atomic E-state index is -3.90. The summed E-state index contributed by atoms with van der Waals surface area (Å²) in [5, 5.41) is 3.39. The van der Waals surface area contributed by atoms with Crippen LogP contribution in [0.25, 0.3) is 0 Å². The van der Waals surface area contributed by atoms with E-state index in [0.29, 0.717) is 10.4 Å². The molecule has 0 aliphatic carbocycles. The Morgan fingerprint density at radius 2 is 2.21 bits per heavy atom. The number of aromatic nitrogens is 2. The van der Waals surface area contributed by atoms with Crippen molar-refractivity contribution in [2.45, 2.75) is 11.3 Å². The third kappa shape index (κ3) is 3.58. The summed E-state index contributed by atoms with van der Waals surface area (Å²) in [5.74, 6) is -0.515. The van der Waals surface area contributed by atoms with Gasteiger partial charge >= 0.3 is 0 Å². The molecule has 0 spiro atoms. The predicted octanol–water partition coefficient (Wildman–Crippen LogP) is 1.49. The fourth-order valence-electron chi connectivity index (χ4n) is 1.37. The Bertz CT molecular complexity index is 661. The molecular weight excluding hydrogens is 341 g/mol. The number of hydrogen-bond acceptors (Lipinski definition) is 5. The first kappa shape index (κ1) is 14.1. The van der Waals surface area contributed by atoms with Gasteiger partial charge in [-0.2, -0.15) is 4.98 Å². The molecular formula is C10H9BrFN3O3S. The summed E-state index contributed by atoms with van der Waals surface area (Å²) in [6, 6.07) is 3.73. The third-order valence-electron chi connectivity index (χ3n) is 2.22. The number of sulfonamides is 1. The van der Waals surface area contributed by atoms with Gasteiger partial charge < -0.3 is 4.52 Å². The number of benzene rings is 1. The molecule has 1 heterocycles. The molecule has 6 nitrogen and oxygen atoms in total. The van der Waals surface area contributed by atoms with Crippen molar-refractivity contribution in [1.29, 1.82) is 0 Å². The maximum absolute atomic E-state index is 13.6. The molecule has 0 amide bonds. The zero-order valence-corrected chi connectivity index (χ0v) is 11.9. The van der Waals surface area contributed by atoms with Crippen molar-refractivity contribution in [2.75, 3.05) is 6.54 Å². The molecule has 1 N–H and O–H groups in total. The summed E-state index contributed by atoms with van der Waals surface area (Å²) < 4.78 is 44.7. The van der Waals surface area contributed by atoms with Crippen molar-refractivity contribution in [1.82, 2.24) is 14.9 Å². The van der Waals surface area contributed by atoms with E-state index in [1.807, 2.05) is 0 Å². The molecule has 0 unspecified atom stereocenters. The van der Waals surface area contributed by atoms with Gasteiger partial charge in [-0.1, -0.05) is 21.1 Å². The topological polar surface area (TPSA) is 85.1 Å². The van der Waals surface area contributed by atoms with Gasteiger partial charge in [-0.3, -0.25) is 0 Å². The van der Waals surface area contributed by atoms with Gasteiger partial charge in [-0.05, 0) is 18.2 Å². The smallest absolute Gasteiger partial charge is 0.243 e. The third-order valence-corrected chi connectivity index (χ3v) is 4.21. The SMILES string of the molecule is O=S(=O)(NCCc1ncno1)c1ccc(Br)cc1F. The molecule has 2 aromatic rings. The van der Waals surface area contributed by atoms with Gasteiger partial charge in [0.05, 0.1) is 0 Å². The first-order valence-corrected chi connectivity index (χ1v) is 7.47. The average molecular weight is 350 g/mol. The van der Waals surface area contributed by atoms with Crippen LogP contribution in [0, 0.1) is 5.82 Å². The maximum atomic E-state index is 13.6. The first-order valence-electron chi connectivity index (χ1n) is 5.19. The molecule has 2 rings (SSSR count). The van der Waals surface area contributed by atoms with Crippen molar-refractivity contribution in [3.8, 4) is 0 Å². The van der Waals surface area contributed by atoms with Crippen LogP contribution in [-0.4, -0.2) is 25.1 Å². The molecule has 102 valence electrons. The van der Waals surface area contributed by atoms with Gasteiger partial charge in [0, 0.05) is 17.4 Å². The fourth-order valence-corrected chi connectivity index (χ4v) is 2.79. The van der Waals surface area contributed by atoms with Crippen LogP contribution in [0.1, 0.15) is 5.89 Å². The summed E-state index contributed by atoms with van der Waals surface area (Å²) in [7, 11) is -3.90. The molecule has 19 heavy (non-hydrogen) atoms. The summed E-state index contributed by atoms with van der Waals surface area (Å²) in [5.41, 5.74) is 0. The molecule has 0 atom stereocenters. The second-order valence-corrected chi connectivity index (χ2v) is 6.21. The molecule has 1 aromatic carbocycles. The lowest BCUT2D eigenvalue weighted by molar-refractivity contribution is 0.377. The van der Waals surface area contributed by atoms with Gasteiger partial charge in [0.2, 0.25) is 15.9 Å². The first-order chi connectivity index (χ1) is 8.99. The van der Waals surface area contributed by atoms with Crippen molar-refractivity contribution < 1.29 is 17.3 Å². The van der Waals surface area contributed by atoms with Crippen LogP contribution in [-0.2, 0) is 16.4 Å². The Hall–Kier alpha value is -1.32. The molecule has 9 heteroatoms. The second kappa shape index (κ2) is 5.76. The zero-order valence-electron chi connectivity index (χ0n) is 9.51. The highest BCUT2D eigenvalue weighted by atomic mass is 79.9. The van der Waals surface area contributed by atoms with Crippen LogP contribution in [0.15, 0.2) is 38.4 Å². The molecule has 0 aliphatic heterocycles. The van der Waals surface area contributed by atoms with Crippen molar-refractivity contribution in [3.05, 3.63) is 40.7 Å². The Kier molecular flexibility index (Phi) is 4.27. The number of hydrogen-bond donors (Lipinski definition) is 1. The molecule has 0 aliphatic rings. The van der Waals surface area contributed by atoms with E-state index in [2.05, 4.69) is 30.8 Å². The predicted molar refractivity (Wildman–Crippen MR) is 67.3 cm³/mol. The minimum Gasteiger partial charge on any atom is -0.340 e. The summed E-state index contributed by atoms with van der Waals surface area (Å²) in [6.07, 6.45) is 1.45. The van der Waals surface area contributed by atoms with E-state index >= 15 is 0 Å². The Labute approximate surface area is 117 Å². The van der Waals surface area contributed by atoms with Gasteiger partial charge in [0.1, 0.15) is 10.7 Å². The van der Waals surface area contributed by atoms with E-state index in [-0.39, 0.29) is 13.0 Å². The monoisotopic (exact) mass is 349 g/mol. The van der Waals surface area contributed by atoms with E-state index in [0.717, 1.165) is 6.07 Å². The maximum Gasteiger partial charge on any atom is 0.243 e. The van der Waals surface area contributed by atoms with Crippen molar-refractivity contribution in [3.63, 3.8) is 0 Å². The normalized spacial score (nSPS) is 11.7. The molecule has 1 aromatic heterocycles. The van der Waals surface area contributed by atoms with Crippen LogP contribution in [0.4, 0.5) is 4.39 Å². The van der Waals surface area contributed by atoms with E-state index in [9.17, 15) is 12.8 Å². The van der Waals surface area contributed by atoms with E-state index in [4.69, 9.17) is 4.52 Å². The molecule has 0 fully saturated rings. The quantitative estimate of drug-likeness (QED) is 0.883. The average Bonchev–Trinajstić information content (AvgIpc) is 2.81. The standard InChI is InChI=1S/C10H9BrFN3O3S/c11-7-1-2-9(8(12)5-7)19(16,17)15-4-3-10-13-6-14-18-10/h1-2,5-6,15H,3-4H2. The number of rotatable bonds is 5. The van der Waals surface area contributed by atoms with Gasteiger partial charge in [-0.15, -0.1) is 0 Å². The Balaban J connectivity index is 2.05. The number of halogens is 2. The Morgan fingerprint density at radius 1 is 1.42 bits per heavy atom. The van der Waals surface area contributed by atoms with Crippen LogP contribution in [0.3, 0.4) is 0 Å². The van der Waals surface area contributed by atoms with Crippen LogP contribution in [0.2, 0.25) is 0 Å². The molecule has 0 saturated heterocycles. The lowest BCUT2D eigenvalue weighted by atomic mass is 10.3. The van der Waals surface area contributed by atoms with E-state index in [1.54, 1.807) is 0 Å². The van der Waals surface area contributed by atoms with Gasteiger partial charge in [0.15, 0.2) is 6.33 Å². The minimum absolute atomic E-state index is 0.0417. The van der Waals surface area contributed by atoms with E-state index in [1.165, 1.54) is 18.5 Å². The number of nitrogens with zero attached hydrogens (tertiary/aromatic N) is 2. The van der Waals surface area contributed by atoms with Gasteiger partial charge in [-0.25, -0.2) is 17.5 Å². The highest BCUT2D eigenvalue weighted by Gasteiger charge is 2.18. The molecule has 0 bridgehead atoms. The highest BCUT2D eigenvalue weighted by molar-refractivity contribution is 9.10. The van der Waals surface area contributed by atoms with E-state index < -0.39 is 20.7 Å². The molecule has 0 radical (unpaired) electrons.